The molecule has 3 nitrogen and oxygen atoms in total. The van der Waals surface area contributed by atoms with E-state index in [2.05, 4.69) is 22.8 Å². The molecule has 0 radical (unpaired) electrons. The molecule has 1 saturated carbocycles. The third-order valence-corrected chi connectivity index (χ3v) is 4.51. The summed E-state index contributed by atoms with van der Waals surface area (Å²) in [5.41, 5.74) is 1.58. The molecular formula is C19H20ClFN2O. The van der Waals surface area contributed by atoms with E-state index < -0.39 is 5.82 Å². The van der Waals surface area contributed by atoms with Crippen LogP contribution >= 0.6 is 11.6 Å². The van der Waals surface area contributed by atoms with Gasteiger partial charge in [0.15, 0.2) is 0 Å². The quantitative estimate of drug-likeness (QED) is 0.839. The fraction of sp³-hybridized carbons (Fsp3) is 0.316. The van der Waals surface area contributed by atoms with Gasteiger partial charge in [-0.3, -0.25) is 4.79 Å². The topological polar surface area (TPSA) is 41.1 Å². The third-order valence-electron chi connectivity index (χ3n) is 4.29. The number of carbonyl (C=O) groups excluding carboxylic acids is 1. The van der Waals surface area contributed by atoms with Gasteiger partial charge in [0.2, 0.25) is 0 Å². The van der Waals surface area contributed by atoms with Crippen LogP contribution in [0.4, 0.5) is 4.39 Å². The Morgan fingerprint density at radius 2 is 1.88 bits per heavy atom. The van der Waals surface area contributed by atoms with Crippen LogP contribution in [0, 0.1) is 5.82 Å². The van der Waals surface area contributed by atoms with Crippen LogP contribution in [0.5, 0.6) is 0 Å². The van der Waals surface area contributed by atoms with Crippen LogP contribution in [0.3, 0.4) is 0 Å². The van der Waals surface area contributed by atoms with Crippen molar-refractivity contribution in [3.05, 3.63) is 70.5 Å². The Morgan fingerprint density at radius 1 is 1.12 bits per heavy atom. The minimum atomic E-state index is -0.498. The van der Waals surface area contributed by atoms with Crippen molar-refractivity contribution < 1.29 is 9.18 Å². The normalized spacial score (nSPS) is 19.6. The minimum absolute atomic E-state index is 0.133. The van der Waals surface area contributed by atoms with Gasteiger partial charge in [-0.15, -0.1) is 0 Å². The number of hydrogen-bond acceptors (Lipinski definition) is 2. The van der Waals surface area contributed by atoms with Crippen molar-refractivity contribution in [2.75, 3.05) is 6.54 Å². The first-order valence-electron chi connectivity index (χ1n) is 8.14. The summed E-state index contributed by atoms with van der Waals surface area (Å²) in [6.07, 6.45) is 2.78. The Morgan fingerprint density at radius 3 is 2.58 bits per heavy atom. The molecule has 0 bridgehead atoms. The van der Waals surface area contributed by atoms with Crippen LogP contribution in [0.2, 0.25) is 5.02 Å². The number of benzene rings is 2. The van der Waals surface area contributed by atoms with E-state index in [-0.39, 0.29) is 22.5 Å². The Balaban J connectivity index is 1.38. The molecule has 2 N–H and O–H groups in total. The summed E-state index contributed by atoms with van der Waals surface area (Å²) >= 11 is 5.78. The first-order valence-corrected chi connectivity index (χ1v) is 8.52. The highest BCUT2D eigenvalue weighted by Gasteiger charge is 2.30. The molecule has 1 aliphatic rings. The number of amides is 1. The van der Waals surface area contributed by atoms with Crippen molar-refractivity contribution in [3.63, 3.8) is 0 Å². The van der Waals surface area contributed by atoms with Gasteiger partial charge >= 0.3 is 0 Å². The fourth-order valence-corrected chi connectivity index (χ4v) is 3.14. The second kappa shape index (κ2) is 7.77. The summed E-state index contributed by atoms with van der Waals surface area (Å²) < 4.78 is 13.3. The summed E-state index contributed by atoms with van der Waals surface area (Å²) in [7, 11) is 0. The highest BCUT2D eigenvalue weighted by atomic mass is 35.5. The van der Waals surface area contributed by atoms with E-state index >= 15 is 0 Å². The maximum atomic E-state index is 13.3. The number of rotatable bonds is 6. The monoisotopic (exact) mass is 346 g/mol. The maximum absolute atomic E-state index is 13.3. The smallest absolute Gasteiger partial charge is 0.251 e. The predicted octanol–water partition coefficient (Wildman–Crippen LogP) is 3.57. The summed E-state index contributed by atoms with van der Waals surface area (Å²) in [4.78, 5) is 12.1. The minimum Gasteiger partial charge on any atom is -0.349 e. The largest absolute Gasteiger partial charge is 0.349 e. The van der Waals surface area contributed by atoms with Gasteiger partial charge < -0.3 is 10.6 Å². The van der Waals surface area contributed by atoms with E-state index in [0.717, 1.165) is 25.8 Å². The first-order chi connectivity index (χ1) is 11.6. The number of nitrogens with one attached hydrogen (secondary N) is 2. The van der Waals surface area contributed by atoms with Crippen molar-refractivity contribution in [2.45, 2.75) is 31.3 Å². The van der Waals surface area contributed by atoms with Crippen LogP contribution < -0.4 is 10.6 Å². The molecule has 1 aliphatic carbocycles. The average molecular weight is 347 g/mol. The molecule has 0 atom stereocenters. The van der Waals surface area contributed by atoms with Gasteiger partial charge in [-0.05, 0) is 49.6 Å². The van der Waals surface area contributed by atoms with Crippen LogP contribution in [0.15, 0.2) is 48.5 Å². The molecule has 0 aromatic heterocycles. The molecule has 3 rings (SSSR count). The summed E-state index contributed by atoms with van der Waals surface area (Å²) in [6.45, 7) is 0.925. The van der Waals surface area contributed by atoms with Gasteiger partial charge in [-0.25, -0.2) is 4.39 Å². The number of hydrogen-bond donors (Lipinski definition) is 2. The molecule has 5 heteroatoms. The molecular weight excluding hydrogens is 327 g/mol. The molecule has 1 fully saturated rings. The number of halogens is 2. The van der Waals surface area contributed by atoms with Crippen molar-refractivity contribution in [1.29, 1.82) is 0 Å². The second-order valence-corrected chi connectivity index (χ2v) is 6.62. The van der Waals surface area contributed by atoms with E-state index in [0.29, 0.717) is 6.04 Å². The zero-order chi connectivity index (χ0) is 16.9. The highest BCUT2D eigenvalue weighted by molar-refractivity contribution is 6.31. The molecule has 1 amide bonds. The van der Waals surface area contributed by atoms with Crippen LogP contribution in [-0.4, -0.2) is 24.5 Å². The molecule has 0 unspecified atom stereocenters. The molecule has 0 aliphatic heterocycles. The summed E-state index contributed by atoms with van der Waals surface area (Å²) in [5.74, 6) is -0.772. The highest BCUT2D eigenvalue weighted by Crippen LogP contribution is 2.21. The summed E-state index contributed by atoms with van der Waals surface area (Å²) in [6, 6.07) is 14.8. The van der Waals surface area contributed by atoms with Crippen molar-refractivity contribution in [3.8, 4) is 0 Å². The second-order valence-electron chi connectivity index (χ2n) is 6.19. The lowest BCUT2D eigenvalue weighted by atomic mass is 9.86. The van der Waals surface area contributed by atoms with Gasteiger partial charge in [-0.2, -0.15) is 0 Å². The number of carbonyl (C=O) groups is 1. The molecule has 0 heterocycles. The zero-order valence-electron chi connectivity index (χ0n) is 13.3. The maximum Gasteiger partial charge on any atom is 0.251 e. The van der Waals surface area contributed by atoms with E-state index in [1.165, 1.54) is 23.8 Å². The van der Waals surface area contributed by atoms with Crippen LogP contribution in [-0.2, 0) is 6.42 Å². The van der Waals surface area contributed by atoms with E-state index in [9.17, 15) is 9.18 Å². The first kappa shape index (κ1) is 16.9. The molecule has 0 saturated heterocycles. The van der Waals surface area contributed by atoms with Gasteiger partial charge in [0.1, 0.15) is 5.82 Å². The molecule has 24 heavy (non-hydrogen) atoms. The van der Waals surface area contributed by atoms with Gasteiger partial charge in [0.05, 0.1) is 0 Å². The Hall–Kier alpha value is -1.91. The molecule has 2 aromatic carbocycles. The zero-order valence-corrected chi connectivity index (χ0v) is 14.0. The molecule has 126 valence electrons. The fourth-order valence-electron chi connectivity index (χ4n) is 2.92. The SMILES string of the molecule is O=C(NC1CC(NCCc2ccccc2)C1)c1cc(F)cc(Cl)c1. The van der Waals surface area contributed by atoms with Gasteiger partial charge in [0, 0.05) is 22.7 Å². The summed E-state index contributed by atoms with van der Waals surface area (Å²) in [5, 5.41) is 6.65. The average Bonchev–Trinajstić information content (AvgIpc) is 2.52. The standard InChI is InChI=1S/C19H20ClFN2O/c20-15-8-14(9-16(21)10-15)19(24)23-18-11-17(12-18)22-7-6-13-4-2-1-3-5-13/h1-5,8-10,17-18,22H,6-7,11-12H2,(H,23,24). The van der Waals surface area contributed by atoms with Crippen molar-refractivity contribution in [1.82, 2.24) is 10.6 Å². The lowest BCUT2D eigenvalue weighted by Gasteiger charge is -2.36. The Bertz CT molecular complexity index is 682. The molecule has 2 aromatic rings. The van der Waals surface area contributed by atoms with Crippen LogP contribution in [0.1, 0.15) is 28.8 Å². The van der Waals surface area contributed by atoms with Gasteiger partial charge in [-0.1, -0.05) is 41.9 Å². The van der Waals surface area contributed by atoms with Crippen molar-refractivity contribution in [2.24, 2.45) is 0 Å². The lowest BCUT2D eigenvalue weighted by molar-refractivity contribution is 0.0902. The Kier molecular flexibility index (Phi) is 5.48. The lowest BCUT2D eigenvalue weighted by Crippen LogP contribution is -2.52. The van der Waals surface area contributed by atoms with Crippen LogP contribution in [0.25, 0.3) is 0 Å². The molecule has 0 spiro atoms. The Labute approximate surface area is 146 Å². The van der Waals surface area contributed by atoms with Crippen molar-refractivity contribution >= 4 is 17.5 Å². The predicted molar refractivity (Wildman–Crippen MR) is 93.8 cm³/mol. The van der Waals surface area contributed by atoms with Gasteiger partial charge in [0.25, 0.3) is 5.91 Å². The van der Waals surface area contributed by atoms with E-state index in [4.69, 9.17) is 11.6 Å². The third kappa shape index (κ3) is 4.56. The van der Waals surface area contributed by atoms with E-state index in [1.54, 1.807) is 0 Å². The van der Waals surface area contributed by atoms with E-state index in [1.807, 2.05) is 18.2 Å².